The van der Waals surface area contributed by atoms with Gasteiger partial charge >= 0.3 is 0 Å². The maximum Gasteiger partial charge on any atom is 0.0412 e. The zero-order valence-electron chi connectivity index (χ0n) is 11.6. The zero-order chi connectivity index (χ0) is 12.6. The Bertz CT molecular complexity index is 421. The maximum atomic E-state index is 3.67. The van der Waals surface area contributed by atoms with E-state index in [0.29, 0.717) is 0 Å². The van der Waals surface area contributed by atoms with Crippen LogP contribution in [0.4, 0.5) is 5.69 Å². The average Bonchev–Trinajstić information content (AvgIpc) is 2.42. The van der Waals surface area contributed by atoms with Crippen molar-refractivity contribution in [2.24, 2.45) is 5.92 Å². The van der Waals surface area contributed by atoms with Crippen molar-refractivity contribution in [3.8, 4) is 0 Å². The summed E-state index contributed by atoms with van der Waals surface area (Å²) >= 11 is 0. The number of hydrogen-bond donors (Lipinski definition) is 1. The van der Waals surface area contributed by atoms with Crippen molar-refractivity contribution in [2.45, 2.75) is 45.2 Å². The maximum absolute atomic E-state index is 3.67. The molecule has 2 heteroatoms. The zero-order valence-corrected chi connectivity index (χ0v) is 11.6. The molecular weight excluding hydrogens is 220 g/mol. The van der Waals surface area contributed by atoms with Crippen molar-refractivity contribution in [2.75, 3.05) is 18.0 Å². The minimum atomic E-state index is 0.197. The Morgan fingerprint density at radius 1 is 1.28 bits per heavy atom. The fraction of sp³-hybridized carbons (Fsp3) is 0.625. The molecule has 1 saturated carbocycles. The van der Waals surface area contributed by atoms with E-state index in [4.69, 9.17) is 0 Å². The molecule has 0 spiro atoms. The molecule has 1 aliphatic heterocycles. The SMILES string of the molecule is CC1(C)CN(CC2CCC2)c2ccccc2CN1. The molecule has 1 heterocycles. The van der Waals surface area contributed by atoms with Gasteiger partial charge in [0.2, 0.25) is 0 Å². The molecule has 0 radical (unpaired) electrons. The summed E-state index contributed by atoms with van der Waals surface area (Å²) in [5, 5.41) is 3.67. The van der Waals surface area contributed by atoms with Crippen LogP contribution >= 0.6 is 0 Å². The molecule has 0 unspecified atom stereocenters. The van der Waals surface area contributed by atoms with Crippen LogP contribution in [0.1, 0.15) is 38.7 Å². The van der Waals surface area contributed by atoms with Gasteiger partial charge in [0.05, 0.1) is 0 Å². The van der Waals surface area contributed by atoms with E-state index in [1.54, 1.807) is 0 Å². The summed E-state index contributed by atoms with van der Waals surface area (Å²) in [7, 11) is 0. The van der Waals surface area contributed by atoms with Crippen molar-refractivity contribution >= 4 is 5.69 Å². The van der Waals surface area contributed by atoms with Crippen molar-refractivity contribution < 1.29 is 0 Å². The van der Waals surface area contributed by atoms with Crippen LogP contribution in [0.25, 0.3) is 0 Å². The number of anilines is 1. The minimum absolute atomic E-state index is 0.197. The topological polar surface area (TPSA) is 15.3 Å². The van der Waals surface area contributed by atoms with Crippen LogP contribution in [0.2, 0.25) is 0 Å². The van der Waals surface area contributed by atoms with Gasteiger partial charge in [-0.05, 0) is 44.2 Å². The molecule has 98 valence electrons. The normalized spacial score (nSPS) is 23.1. The summed E-state index contributed by atoms with van der Waals surface area (Å²) in [4.78, 5) is 2.61. The molecule has 1 N–H and O–H groups in total. The highest BCUT2D eigenvalue weighted by Crippen LogP contribution is 2.32. The minimum Gasteiger partial charge on any atom is -0.369 e. The molecule has 1 aromatic carbocycles. The number of nitrogens with zero attached hydrogens (tertiary/aromatic N) is 1. The van der Waals surface area contributed by atoms with Gasteiger partial charge in [-0.15, -0.1) is 0 Å². The molecule has 0 atom stereocenters. The Labute approximate surface area is 110 Å². The van der Waals surface area contributed by atoms with Gasteiger partial charge < -0.3 is 10.2 Å². The highest BCUT2D eigenvalue weighted by molar-refractivity contribution is 5.55. The number of nitrogens with one attached hydrogen (secondary N) is 1. The Morgan fingerprint density at radius 2 is 2.06 bits per heavy atom. The van der Waals surface area contributed by atoms with Crippen molar-refractivity contribution in [1.82, 2.24) is 5.32 Å². The van der Waals surface area contributed by atoms with Gasteiger partial charge in [-0.2, -0.15) is 0 Å². The number of hydrogen-bond acceptors (Lipinski definition) is 2. The lowest BCUT2D eigenvalue weighted by molar-refractivity contribution is 0.306. The second-order valence-electron chi connectivity index (χ2n) is 6.54. The lowest BCUT2D eigenvalue weighted by atomic mass is 9.84. The first-order valence-electron chi connectivity index (χ1n) is 7.22. The number of rotatable bonds is 2. The van der Waals surface area contributed by atoms with Crippen LogP contribution in [0.15, 0.2) is 24.3 Å². The summed E-state index contributed by atoms with van der Waals surface area (Å²) in [6, 6.07) is 8.87. The van der Waals surface area contributed by atoms with E-state index in [2.05, 4.69) is 48.3 Å². The van der Waals surface area contributed by atoms with Crippen LogP contribution in [-0.4, -0.2) is 18.6 Å². The predicted molar refractivity (Wildman–Crippen MR) is 76.9 cm³/mol. The molecule has 1 aliphatic carbocycles. The second kappa shape index (κ2) is 4.58. The van der Waals surface area contributed by atoms with Gasteiger partial charge in [0.25, 0.3) is 0 Å². The van der Waals surface area contributed by atoms with Gasteiger partial charge in [-0.25, -0.2) is 0 Å². The van der Waals surface area contributed by atoms with Crippen LogP contribution in [0, 0.1) is 5.92 Å². The van der Waals surface area contributed by atoms with E-state index in [0.717, 1.165) is 19.0 Å². The highest BCUT2D eigenvalue weighted by atomic mass is 15.2. The van der Waals surface area contributed by atoms with Gasteiger partial charge in [0.15, 0.2) is 0 Å². The van der Waals surface area contributed by atoms with Crippen molar-refractivity contribution in [3.05, 3.63) is 29.8 Å². The lowest BCUT2D eigenvalue weighted by Gasteiger charge is -2.37. The first-order valence-corrected chi connectivity index (χ1v) is 7.22. The summed E-state index contributed by atoms with van der Waals surface area (Å²) in [6.45, 7) is 7.96. The molecule has 0 amide bonds. The molecule has 0 bridgehead atoms. The molecule has 2 aliphatic rings. The number of benzene rings is 1. The molecule has 0 saturated heterocycles. The fourth-order valence-corrected chi connectivity index (χ4v) is 3.07. The molecule has 3 rings (SSSR count). The van der Waals surface area contributed by atoms with Gasteiger partial charge in [-0.1, -0.05) is 24.6 Å². The highest BCUT2D eigenvalue weighted by Gasteiger charge is 2.29. The monoisotopic (exact) mass is 244 g/mol. The van der Waals surface area contributed by atoms with Crippen LogP contribution in [-0.2, 0) is 6.54 Å². The third kappa shape index (κ3) is 2.39. The van der Waals surface area contributed by atoms with Crippen LogP contribution < -0.4 is 10.2 Å². The summed E-state index contributed by atoms with van der Waals surface area (Å²) in [5.74, 6) is 0.923. The van der Waals surface area contributed by atoms with E-state index in [9.17, 15) is 0 Å². The van der Waals surface area contributed by atoms with E-state index in [1.807, 2.05) is 0 Å². The number of para-hydroxylation sites is 1. The fourth-order valence-electron chi connectivity index (χ4n) is 3.07. The predicted octanol–water partition coefficient (Wildman–Crippen LogP) is 3.17. The van der Waals surface area contributed by atoms with Crippen molar-refractivity contribution in [1.29, 1.82) is 0 Å². The van der Waals surface area contributed by atoms with Gasteiger partial charge in [0.1, 0.15) is 0 Å². The van der Waals surface area contributed by atoms with Crippen LogP contribution in [0.3, 0.4) is 0 Å². The first-order chi connectivity index (χ1) is 8.64. The van der Waals surface area contributed by atoms with E-state index in [1.165, 1.54) is 37.1 Å². The van der Waals surface area contributed by atoms with Gasteiger partial charge in [0, 0.05) is 30.9 Å². The number of fused-ring (bicyclic) bond motifs is 1. The van der Waals surface area contributed by atoms with Crippen molar-refractivity contribution in [3.63, 3.8) is 0 Å². The molecular formula is C16H24N2. The molecule has 0 aromatic heterocycles. The second-order valence-corrected chi connectivity index (χ2v) is 6.54. The Hall–Kier alpha value is -1.02. The molecule has 1 aromatic rings. The standard InChI is InChI=1S/C16H24N2/c1-16(2)12-18(11-13-6-5-7-13)15-9-4-3-8-14(15)10-17-16/h3-4,8-9,13,17H,5-7,10-12H2,1-2H3. The molecule has 2 nitrogen and oxygen atoms in total. The van der Waals surface area contributed by atoms with E-state index < -0.39 is 0 Å². The summed E-state index contributed by atoms with van der Waals surface area (Å²) < 4.78 is 0. The Morgan fingerprint density at radius 3 is 2.78 bits per heavy atom. The van der Waals surface area contributed by atoms with E-state index >= 15 is 0 Å². The quantitative estimate of drug-likeness (QED) is 0.859. The smallest absolute Gasteiger partial charge is 0.0412 e. The lowest BCUT2D eigenvalue weighted by Crippen LogP contribution is -2.48. The Kier molecular flexibility index (Phi) is 3.06. The summed E-state index contributed by atoms with van der Waals surface area (Å²) in [5.41, 5.74) is 3.09. The van der Waals surface area contributed by atoms with Crippen LogP contribution in [0.5, 0.6) is 0 Å². The Balaban J connectivity index is 1.87. The summed E-state index contributed by atoms with van der Waals surface area (Å²) in [6.07, 6.45) is 4.28. The molecule has 1 fully saturated rings. The molecule has 18 heavy (non-hydrogen) atoms. The third-order valence-corrected chi connectivity index (χ3v) is 4.38. The third-order valence-electron chi connectivity index (χ3n) is 4.38. The van der Waals surface area contributed by atoms with Gasteiger partial charge in [-0.3, -0.25) is 0 Å². The average molecular weight is 244 g/mol. The largest absolute Gasteiger partial charge is 0.369 e. The first kappa shape index (κ1) is 12.0. The van der Waals surface area contributed by atoms with E-state index in [-0.39, 0.29) is 5.54 Å².